The molecule has 3 nitrogen and oxygen atoms in total. The lowest BCUT2D eigenvalue weighted by atomic mass is 10.1. The molecule has 0 radical (unpaired) electrons. The molecule has 0 spiro atoms. The van der Waals surface area contributed by atoms with E-state index in [0.29, 0.717) is 0 Å². The SMILES string of the molecule is OCNC=CCCCCCCC=CN=S. The van der Waals surface area contributed by atoms with Gasteiger partial charge in [0.25, 0.3) is 0 Å². The fourth-order valence-electron chi connectivity index (χ4n) is 1.21. The van der Waals surface area contributed by atoms with Crippen LogP contribution in [-0.2, 0) is 12.4 Å². The van der Waals surface area contributed by atoms with Crippen molar-refractivity contribution in [1.29, 1.82) is 0 Å². The summed E-state index contributed by atoms with van der Waals surface area (Å²) in [5.41, 5.74) is 0. The van der Waals surface area contributed by atoms with Gasteiger partial charge in [-0.3, -0.25) is 0 Å². The third kappa shape index (κ3) is 13.3. The Hall–Kier alpha value is -0.740. The summed E-state index contributed by atoms with van der Waals surface area (Å²) in [4.78, 5) is 0. The number of nitrogens with zero attached hydrogens (tertiary/aromatic N) is 1. The van der Waals surface area contributed by atoms with E-state index in [1.165, 1.54) is 25.7 Å². The van der Waals surface area contributed by atoms with Crippen molar-refractivity contribution < 1.29 is 5.11 Å². The van der Waals surface area contributed by atoms with Crippen LogP contribution in [0.1, 0.15) is 38.5 Å². The van der Waals surface area contributed by atoms with Crippen LogP contribution in [-0.4, -0.2) is 11.8 Å². The molecule has 0 heterocycles. The van der Waals surface area contributed by atoms with Crippen LogP contribution < -0.4 is 5.32 Å². The minimum Gasteiger partial charge on any atom is -0.377 e. The Morgan fingerprint density at radius 3 is 2.33 bits per heavy atom. The van der Waals surface area contributed by atoms with E-state index in [4.69, 9.17) is 5.11 Å². The summed E-state index contributed by atoms with van der Waals surface area (Å²) < 4.78 is 3.48. The summed E-state index contributed by atoms with van der Waals surface area (Å²) in [6.45, 7) is 0.0107. The van der Waals surface area contributed by atoms with Crippen LogP contribution in [0.15, 0.2) is 28.9 Å². The average molecular weight is 228 g/mol. The van der Waals surface area contributed by atoms with Crippen molar-refractivity contribution in [1.82, 2.24) is 5.32 Å². The average Bonchev–Trinajstić information content (AvgIpc) is 2.26. The molecule has 15 heavy (non-hydrogen) atoms. The van der Waals surface area contributed by atoms with Crippen molar-refractivity contribution in [3.05, 3.63) is 24.6 Å². The van der Waals surface area contributed by atoms with E-state index in [0.717, 1.165) is 12.8 Å². The second-order valence-electron chi connectivity index (χ2n) is 3.25. The van der Waals surface area contributed by atoms with E-state index in [2.05, 4.69) is 22.1 Å². The predicted molar refractivity (Wildman–Crippen MR) is 66.0 cm³/mol. The first kappa shape index (κ1) is 14.3. The Balaban J connectivity index is 3.04. The van der Waals surface area contributed by atoms with Gasteiger partial charge in [-0.25, -0.2) is 0 Å². The molecule has 0 aromatic heterocycles. The molecule has 4 heteroatoms. The summed E-state index contributed by atoms with van der Waals surface area (Å²) >= 11 is 4.43. The number of nitrogens with one attached hydrogen (secondary N) is 1. The van der Waals surface area contributed by atoms with Gasteiger partial charge in [0.1, 0.15) is 6.73 Å². The van der Waals surface area contributed by atoms with Crippen LogP contribution >= 0.6 is 0 Å². The fraction of sp³-hybridized carbons (Fsp3) is 0.636. The van der Waals surface area contributed by atoms with Crippen molar-refractivity contribution in [2.45, 2.75) is 38.5 Å². The van der Waals surface area contributed by atoms with E-state index >= 15 is 0 Å². The van der Waals surface area contributed by atoms with Crippen LogP contribution in [0.2, 0.25) is 0 Å². The minimum atomic E-state index is 0.0107. The lowest BCUT2D eigenvalue weighted by Gasteiger charge is -1.96. The summed E-state index contributed by atoms with van der Waals surface area (Å²) in [6, 6.07) is 0. The first-order valence-electron chi connectivity index (χ1n) is 5.38. The van der Waals surface area contributed by atoms with E-state index in [9.17, 15) is 0 Å². The number of allylic oxidation sites excluding steroid dienone is 2. The molecular formula is C11H20N2OS. The second kappa shape index (κ2) is 13.3. The zero-order chi connectivity index (χ0) is 11.2. The van der Waals surface area contributed by atoms with E-state index in [1.54, 1.807) is 12.4 Å². The summed E-state index contributed by atoms with van der Waals surface area (Å²) in [7, 11) is 0. The van der Waals surface area contributed by atoms with E-state index < -0.39 is 0 Å². The molecule has 0 amide bonds. The molecule has 0 saturated heterocycles. The molecule has 0 aliphatic carbocycles. The van der Waals surface area contributed by atoms with Gasteiger partial charge in [0.2, 0.25) is 0 Å². The Labute approximate surface area is 97.4 Å². The van der Waals surface area contributed by atoms with Gasteiger partial charge in [-0.2, -0.15) is 4.36 Å². The third-order valence-corrected chi connectivity index (χ3v) is 2.11. The number of unbranched alkanes of at least 4 members (excludes halogenated alkanes) is 5. The molecule has 2 N–H and O–H groups in total. The zero-order valence-electron chi connectivity index (χ0n) is 9.06. The topological polar surface area (TPSA) is 44.6 Å². The minimum absolute atomic E-state index is 0.0107. The van der Waals surface area contributed by atoms with Gasteiger partial charge in [0.15, 0.2) is 0 Å². The number of hydrogen-bond donors (Lipinski definition) is 2. The first-order valence-corrected chi connectivity index (χ1v) is 5.75. The summed E-state index contributed by atoms with van der Waals surface area (Å²) in [5.74, 6) is 0. The maximum absolute atomic E-state index is 8.43. The van der Waals surface area contributed by atoms with E-state index in [-0.39, 0.29) is 6.73 Å². The van der Waals surface area contributed by atoms with Gasteiger partial charge in [0, 0.05) is 18.6 Å². The number of rotatable bonds is 10. The number of hydrogen-bond acceptors (Lipinski definition) is 4. The molecule has 0 saturated carbocycles. The highest BCUT2D eigenvalue weighted by molar-refractivity contribution is 7.47. The first-order chi connectivity index (χ1) is 7.41. The molecular weight excluding hydrogens is 208 g/mol. The van der Waals surface area contributed by atoms with Crippen molar-refractivity contribution in [3.8, 4) is 0 Å². The molecule has 0 unspecified atom stereocenters. The highest BCUT2D eigenvalue weighted by Crippen LogP contribution is 2.06. The second-order valence-corrected chi connectivity index (χ2v) is 3.46. The van der Waals surface area contributed by atoms with Gasteiger partial charge < -0.3 is 10.4 Å². The normalized spacial score (nSPS) is 11.3. The Morgan fingerprint density at radius 1 is 1.07 bits per heavy atom. The third-order valence-electron chi connectivity index (χ3n) is 1.98. The summed E-state index contributed by atoms with van der Waals surface area (Å²) in [6.07, 6.45) is 14.6. The zero-order valence-corrected chi connectivity index (χ0v) is 9.88. The largest absolute Gasteiger partial charge is 0.377 e. The molecule has 86 valence electrons. The van der Waals surface area contributed by atoms with Gasteiger partial charge in [-0.05, 0) is 31.9 Å². The van der Waals surface area contributed by atoms with Crippen LogP contribution in [0.5, 0.6) is 0 Å². The van der Waals surface area contributed by atoms with Crippen LogP contribution in [0.25, 0.3) is 0 Å². The highest BCUT2D eigenvalue weighted by Gasteiger charge is 1.87. The molecule has 0 fully saturated rings. The monoisotopic (exact) mass is 228 g/mol. The molecule has 0 aliphatic rings. The fourth-order valence-corrected chi connectivity index (χ4v) is 1.30. The Kier molecular flexibility index (Phi) is 12.6. The molecule has 0 atom stereocenters. The van der Waals surface area contributed by atoms with Crippen molar-refractivity contribution in [3.63, 3.8) is 0 Å². The van der Waals surface area contributed by atoms with Crippen LogP contribution in [0, 0.1) is 0 Å². The number of aliphatic hydroxyl groups is 1. The highest BCUT2D eigenvalue weighted by atomic mass is 32.1. The van der Waals surface area contributed by atoms with Crippen molar-refractivity contribution in [2.75, 3.05) is 6.73 Å². The van der Waals surface area contributed by atoms with Gasteiger partial charge in [-0.15, -0.1) is 0 Å². The van der Waals surface area contributed by atoms with Crippen molar-refractivity contribution in [2.24, 2.45) is 4.36 Å². The Bertz CT molecular complexity index is 193. The Morgan fingerprint density at radius 2 is 1.73 bits per heavy atom. The van der Waals surface area contributed by atoms with Gasteiger partial charge in [0.05, 0.1) is 0 Å². The maximum Gasteiger partial charge on any atom is 0.112 e. The van der Waals surface area contributed by atoms with E-state index in [1.807, 2.05) is 12.2 Å². The maximum atomic E-state index is 8.43. The predicted octanol–water partition coefficient (Wildman–Crippen LogP) is 2.62. The van der Waals surface area contributed by atoms with Crippen LogP contribution in [0.4, 0.5) is 0 Å². The quantitative estimate of drug-likeness (QED) is 0.446. The van der Waals surface area contributed by atoms with Crippen LogP contribution in [0.3, 0.4) is 0 Å². The lowest BCUT2D eigenvalue weighted by Crippen LogP contribution is -2.04. The van der Waals surface area contributed by atoms with Crippen molar-refractivity contribution >= 4 is 12.4 Å². The molecule has 0 rings (SSSR count). The molecule has 0 aromatic carbocycles. The standard InChI is InChI=1S/C11H20N2OS/c14-11-12-9-7-5-3-1-2-4-6-8-10-13-15/h7-10,12,14H,1-6,11H2. The lowest BCUT2D eigenvalue weighted by molar-refractivity contribution is 0.279. The smallest absolute Gasteiger partial charge is 0.112 e. The number of aliphatic hydroxyl groups excluding tert-OH is 1. The molecule has 0 aliphatic heterocycles. The molecule has 0 bridgehead atoms. The van der Waals surface area contributed by atoms with Gasteiger partial charge >= 0.3 is 0 Å². The van der Waals surface area contributed by atoms with Gasteiger partial charge in [-0.1, -0.05) is 25.0 Å². The summed E-state index contributed by atoms with van der Waals surface area (Å²) in [5, 5.41) is 11.1. The molecule has 0 aromatic rings.